The van der Waals surface area contributed by atoms with Crippen molar-refractivity contribution in [2.75, 3.05) is 23.2 Å². The number of aliphatic imine (C=N–C) groups is 1. The minimum absolute atomic E-state index is 0.0441. The molecule has 9 heteroatoms. The normalized spacial score (nSPS) is 24.3. The van der Waals surface area contributed by atoms with Crippen LogP contribution in [0.5, 0.6) is 11.5 Å². The number of rotatable bonds is 3. The van der Waals surface area contributed by atoms with Gasteiger partial charge in [0.1, 0.15) is 5.82 Å². The zero-order valence-electron chi connectivity index (χ0n) is 14.7. The molecule has 2 aromatic carbocycles. The second-order valence-corrected chi connectivity index (χ2v) is 10.0. The first-order valence-electron chi connectivity index (χ1n) is 8.83. The third kappa shape index (κ3) is 3.12. The van der Waals surface area contributed by atoms with Gasteiger partial charge >= 0.3 is 0 Å². The predicted octanol–water partition coefficient (Wildman–Crippen LogP) is 2.83. The van der Waals surface area contributed by atoms with Gasteiger partial charge in [-0.25, -0.2) is 12.8 Å². The van der Waals surface area contributed by atoms with Crippen molar-refractivity contribution in [1.82, 2.24) is 0 Å². The second-order valence-electron chi connectivity index (χ2n) is 6.91. The molecule has 0 saturated carbocycles. The molecule has 2 atom stereocenters. The molecule has 3 aliphatic rings. The number of halogens is 1. The first-order valence-corrected chi connectivity index (χ1v) is 11.6. The molecular weight excluding hydrogens is 403 g/mol. The molecule has 0 radical (unpaired) electrons. The largest absolute Gasteiger partial charge is 0.454 e. The van der Waals surface area contributed by atoms with Crippen molar-refractivity contribution in [3.63, 3.8) is 0 Å². The van der Waals surface area contributed by atoms with Crippen molar-refractivity contribution in [1.29, 1.82) is 0 Å². The van der Waals surface area contributed by atoms with E-state index in [0.717, 1.165) is 5.69 Å². The van der Waals surface area contributed by atoms with Crippen molar-refractivity contribution < 1.29 is 22.3 Å². The van der Waals surface area contributed by atoms with Gasteiger partial charge in [-0.1, -0.05) is 30.0 Å². The van der Waals surface area contributed by atoms with Crippen molar-refractivity contribution >= 4 is 32.5 Å². The van der Waals surface area contributed by atoms with E-state index in [0.29, 0.717) is 28.0 Å². The van der Waals surface area contributed by atoms with E-state index in [1.165, 1.54) is 17.8 Å². The Morgan fingerprint density at radius 3 is 2.82 bits per heavy atom. The zero-order chi connectivity index (χ0) is 19.3. The number of ether oxygens (including phenoxy) is 2. The topological polar surface area (TPSA) is 68.2 Å². The molecule has 0 amide bonds. The lowest BCUT2D eigenvalue weighted by atomic mass is 10.1. The molecule has 0 aliphatic carbocycles. The van der Waals surface area contributed by atoms with Crippen LogP contribution in [0, 0.1) is 5.82 Å². The van der Waals surface area contributed by atoms with Crippen LogP contribution in [0.4, 0.5) is 10.1 Å². The highest BCUT2D eigenvalue weighted by Gasteiger charge is 2.47. The smallest absolute Gasteiger partial charge is 0.231 e. The van der Waals surface area contributed by atoms with Crippen molar-refractivity contribution in [2.24, 2.45) is 4.99 Å². The van der Waals surface area contributed by atoms with Crippen LogP contribution in [0.15, 0.2) is 47.5 Å². The highest BCUT2D eigenvalue weighted by Crippen LogP contribution is 2.41. The molecule has 3 heterocycles. The lowest BCUT2D eigenvalue weighted by molar-refractivity contribution is 0.174. The maximum Gasteiger partial charge on any atom is 0.231 e. The Labute approximate surface area is 166 Å². The van der Waals surface area contributed by atoms with E-state index in [4.69, 9.17) is 9.47 Å². The van der Waals surface area contributed by atoms with E-state index in [-0.39, 0.29) is 36.2 Å². The molecular formula is C19H17FN2O4S2. The fourth-order valence-corrected chi connectivity index (χ4v) is 6.68. The van der Waals surface area contributed by atoms with Gasteiger partial charge in [-0.3, -0.25) is 4.99 Å². The Balaban J connectivity index is 1.46. The molecule has 5 rings (SSSR count). The van der Waals surface area contributed by atoms with E-state index < -0.39 is 9.84 Å². The van der Waals surface area contributed by atoms with Crippen molar-refractivity contribution in [3.05, 3.63) is 53.8 Å². The van der Waals surface area contributed by atoms with Crippen LogP contribution in [0.3, 0.4) is 0 Å². The number of benzene rings is 2. The number of amidine groups is 1. The summed E-state index contributed by atoms with van der Waals surface area (Å²) in [6.07, 6.45) is 0. The number of hydrogen-bond donors (Lipinski definition) is 0. The minimum atomic E-state index is -3.13. The molecule has 2 unspecified atom stereocenters. The van der Waals surface area contributed by atoms with E-state index in [2.05, 4.69) is 4.99 Å². The van der Waals surface area contributed by atoms with Gasteiger partial charge in [-0.15, -0.1) is 0 Å². The minimum Gasteiger partial charge on any atom is -0.454 e. The third-order valence-electron chi connectivity index (χ3n) is 5.06. The molecule has 1 saturated heterocycles. The number of fused-ring (bicyclic) bond motifs is 2. The van der Waals surface area contributed by atoms with Gasteiger partial charge in [-0.05, 0) is 23.8 Å². The van der Waals surface area contributed by atoms with Crippen LogP contribution in [-0.2, 0) is 15.6 Å². The first kappa shape index (κ1) is 17.8. The Hall–Kier alpha value is -2.26. The van der Waals surface area contributed by atoms with E-state index in [1.54, 1.807) is 18.2 Å². The number of nitrogens with zero attached hydrogens (tertiary/aromatic N) is 2. The van der Waals surface area contributed by atoms with Gasteiger partial charge in [0.05, 0.1) is 23.6 Å². The Bertz CT molecular complexity index is 1070. The monoisotopic (exact) mass is 420 g/mol. The maximum atomic E-state index is 14.0. The standard InChI is InChI=1S/C19H17FN2O4S2/c20-14-4-2-1-3-12(14)8-27-19-21-15-9-28(23,24)10-16(15)22(19)13-5-6-17-18(7-13)26-11-25-17/h1-7,15-16H,8-11H2. The predicted molar refractivity (Wildman–Crippen MR) is 106 cm³/mol. The summed E-state index contributed by atoms with van der Waals surface area (Å²) in [7, 11) is -3.13. The molecule has 28 heavy (non-hydrogen) atoms. The zero-order valence-corrected chi connectivity index (χ0v) is 16.4. The summed E-state index contributed by atoms with van der Waals surface area (Å²) in [5.41, 5.74) is 1.39. The quantitative estimate of drug-likeness (QED) is 0.761. The molecule has 2 aromatic rings. The van der Waals surface area contributed by atoms with Crippen molar-refractivity contribution in [2.45, 2.75) is 17.8 Å². The van der Waals surface area contributed by atoms with Gasteiger partial charge < -0.3 is 14.4 Å². The SMILES string of the molecule is O=S1(=O)CC2N=C(SCc3ccccc3F)N(c3ccc4c(c3)OCO4)C2C1. The van der Waals surface area contributed by atoms with Gasteiger partial charge in [0.25, 0.3) is 0 Å². The average molecular weight is 420 g/mol. The lowest BCUT2D eigenvalue weighted by Crippen LogP contribution is -2.39. The summed E-state index contributed by atoms with van der Waals surface area (Å²) in [6, 6.07) is 11.6. The molecule has 3 aliphatic heterocycles. The van der Waals surface area contributed by atoms with Gasteiger partial charge in [-0.2, -0.15) is 0 Å². The third-order valence-corrected chi connectivity index (χ3v) is 7.77. The summed E-state index contributed by atoms with van der Waals surface area (Å²) in [6.45, 7) is 0.169. The second kappa shape index (κ2) is 6.66. The molecule has 0 spiro atoms. The van der Waals surface area contributed by atoms with Crippen LogP contribution >= 0.6 is 11.8 Å². The summed E-state index contributed by atoms with van der Waals surface area (Å²) in [5.74, 6) is 1.54. The van der Waals surface area contributed by atoms with Gasteiger partial charge in [0.15, 0.2) is 26.5 Å². The van der Waals surface area contributed by atoms with Crippen LogP contribution < -0.4 is 14.4 Å². The Morgan fingerprint density at radius 1 is 1.14 bits per heavy atom. The van der Waals surface area contributed by atoms with E-state index >= 15 is 0 Å². The van der Waals surface area contributed by atoms with Crippen LogP contribution in [0.1, 0.15) is 5.56 Å². The molecule has 0 bridgehead atoms. The van der Waals surface area contributed by atoms with E-state index in [9.17, 15) is 12.8 Å². The fourth-order valence-electron chi connectivity index (χ4n) is 3.73. The molecule has 1 fully saturated rings. The molecule has 146 valence electrons. The number of anilines is 1. The van der Waals surface area contributed by atoms with E-state index in [1.807, 2.05) is 23.1 Å². The molecule has 6 nitrogen and oxygen atoms in total. The van der Waals surface area contributed by atoms with Gasteiger partial charge in [0, 0.05) is 17.5 Å². The molecule has 0 N–H and O–H groups in total. The summed E-state index contributed by atoms with van der Waals surface area (Å²) in [4.78, 5) is 6.62. The Kier molecular flexibility index (Phi) is 4.24. The highest BCUT2D eigenvalue weighted by molar-refractivity contribution is 8.13. The first-order chi connectivity index (χ1) is 13.5. The summed E-state index contributed by atoms with van der Waals surface area (Å²) < 4.78 is 49.1. The lowest BCUT2D eigenvalue weighted by Gasteiger charge is -2.26. The Morgan fingerprint density at radius 2 is 1.96 bits per heavy atom. The van der Waals surface area contributed by atoms with Gasteiger partial charge in [0.2, 0.25) is 6.79 Å². The number of thioether (sulfide) groups is 1. The van der Waals surface area contributed by atoms with Crippen LogP contribution in [-0.4, -0.2) is 44.0 Å². The summed E-state index contributed by atoms with van der Waals surface area (Å²) >= 11 is 1.41. The van der Waals surface area contributed by atoms with Crippen LogP contribution in [0.25, 0.3) is 0 Å². The highest BCUT2D eigenvalue weighted by atomic mass is 32.2. The van der Waals surface area contributed by atoms with Crippen LogP contribution in [0.2, 0.25) is 0 Å². The maximum absolute atomic E-state index is 14.0. The summed E-state index contributed by atoms with van der Waals surface area (Å²) in [5, 5.41) is 0.701. The van der Waals surface area contributed by atoms with Crippen molar-refractivity contribution in [3.8, 4) is 11.5 Å². The number of sulfone groups is 1. The average Bonchev–Trinajstić information content (AvgIpc) is 3.32. The molecule has 0 aromatic heterocycles. The number of hydrogen-bond acceptors (Lipinski definition) is 7. The fraction of sp³-hybridized carbons (Fsp3) is 0.316.